The predicted molar refractivity (Wildman–Crippen MR) is 139 cm³/mol. The molecule has 2 aromatic carbocycles. The fraction of sp³-hybridized carbons (Fsp3) is 0.286. The number of hydrogen-bond acceptors (Lipinski definition) is 4. The molecule has 0 aliphatic rings. The minimum atomic E-state index is -3.95. The van der Waals surface area contributed by atoms with Crippen LogP contribution in [0.1, 0.15) is 37.6 Å². The van der Waals surface area contributed by atoms with Gasteiger partial charge in [-0.1, -0.05) is 81.5 Å². The zero-order valence-electron chi connectivity index (χ0n) is 20.5. The van der Waals surface area contributed by atoms with Gasteiger partial charge in [-0.2, -0.15) is 0 Å². The van der Waals surface area contributed by atoms with E-state index in [2.05, 4.69) is 0 Å². The summed E-state index contributed by atoms with van der Waals surface area (Å²) in [6, 6.07) is 17.7. The minimum Gasteiger partial charge on any atom is -0.480 e. The molecule has 1 heterocycles. The number of aliphatic hydroxyl groups is 1. The molecule has 0 saturated carbocycles. The normalized spacial score (nSPS) is 16.0. The van der Waals surface area contributed by atoms with Crippen LogP contribution in [0.5, 0.6) is 0 Å². The van der Waals surface area contributed by atoms with Crippen LogP contribution in [0.2, 0.25) is 0 Å². The number of nitrogens with zero attached hydrogens (tertiary/aromatic N) is 1. The Hall–Kier alpha value is -3.12. The third-order valence-corrected chi connectivity index (χ3v) is 7.73. The van der Waals surface area contributed by atoms with Crippen LogP contribution in [-0.2, 0) is 27.8 Å². The van der Waals surface area contributed by atoms with E-state index in [4.69, 9.17) is 4.98 Å². The van der Waals surface area contributed by atoms with Gasteiger partial charge in [0.2, 0.25) is 8.03 Å². The zero-order valence-corrected chi connectivity index (χ0v) is 21.5. The third-order valence-electron chi connectivity index (χ3n) is 6.26. The Labute approximate surface area is 211 Å². The third kappa shape index (κ3) is 5.34. The van der Waals surface area contributed by atoms with E-state index in [1.165, 1.54) is 36.4 Å². The number of benzene rings is 2. The van der Waals surface area contributed by atoms with Crippen molar-refractivity contribution in [1.29, 1.82) is 0 Å². The molecular formula is C28H31FNO5P. The summed E-state index contributed by atoms with van der Waals surface area (Å²) in [7, 11) is -3.95. The molecule has 0 aliphatic carbocycles. The fourth-order valence-corrected chi connectivity index (χ4v) is 5.23. The lowest BCUT2D eigenvalue weighted by molar-refractivity contribution is -0.147. The quantitative estimate of drug-likeness (QED) is 0.249. The number of hydrogen-bond donors (Lipinski definition) is 3. The van der Waals surface area contributed by atoms with E-state index < -0.39 is 30.6 Å². The van der Waals surface area contributed by atoms with Gasteiger partial charge >= 0.3 is 5.97 Å². The first kappa shape index (κ1) is 27.5. The highest BCUT2D eigenvalue weighted by atomic mass is 31.1. The van der Waals surface area contributed by atoms with Crippen LogP contribution in [0, 0.1) is 11.7 Å². The highest BCUT2D eigenvalue weighted by molar-refractivity contribution is 7.42. The van der Waals surface area contributed by atoms with Gasteiger partial charge in [0.05, 0.1) is 11.4 Å². The Morgan fingerprint density at radius 3 is 2.25 bits per heavy atom. The van der Waals surface area contributed by atoms with Crippen molar-refractivity contribution in [2.24, 2.45) is 5.92 Å². The molecule has 3 rings (SSSR count). The summed E-state index contributed by atoms with van der Waals surface area (Å²) >= 11 is 0. The van der Waals surface area contributed by atoms with Crippen molar-refractivity contribution in [3.05, 3.63) is 102 Å². The molecule has 0 amide bonds. The van der Waals surface area contributed by atoms with E-state index in [9.17, 15) is 28.9 Å². The van der Waals surface area contributed by atoms with Crippen LogP contribution in [0.25, 0.3) is 11.3 Å². The summed E-state index contributed by atoms with van der Waals surface area (Å²) in [6.07, 6.45) is 2.84. The molecule has 3 N–H and O–H groups in total. The molecule has 3 unspecified atom stereocenters. The Bertz CT molecular complexity index is 1250. The number of allylic oxidation sites excluding steroid dienone is 1. The Kier molecular flexibility index (Phi) is 8.62. The molecule has 0 spiro atoms. The minimum absolute atomic E-state index is 0.0638. The first-order chi connectivity index (χ1) is 17.0. The molecule has 0 radical (unpaired) electrons. The van der Waals surface area contributed by atoms with Gasteiger partial charge in [0.15, 0.2) is 5.16 Å². The van der Waals surface area contributed by atoms with E-state index in [1.54, 1.807) is 19.9 Å². The summed E-state index contributed by atoms with van der Waals surface area (Å²) in [5.41, 5.74) is 0.0418. The van der Waals surface area contributed by atoms with Gasteiger partial charge in [0.1, 0.15) is 11.4 Å². The monoisotopic (exact) mass is 511 g/mol. The second-order valence-electron chi connectivity index (χ2n) is 9.11. The summed E-state index contributed by atoms with van der Waals surface area (Å²) in [5.74, 6) is -2.31. The van der Waals surface area contributed by atoms with Gasteiger partial charge in [0.25, 0.3) is 0 Å². The van der Waals surface area contributed by atoms with Crippen LogP contribution < -0.4 is 0 Å². The molecule has 3 atom stereocenters. The van der Waals surface area contributed by atoms with E-state index >= 15 is 0 Å². The summed E-state index contributed by atoms with van der Waals surface area (Å²) in [6.45, 7) is 5.53. The van der Waals surface area contributed by atoms with Gasteiger partial charge in [0, 0.05) is 12.0 Å². The largest absolute Gasteiger partial charge is 0.480 e. The second-order valence-corrected chi connectivity index (χ2v) is 10.5. The number of rotatable bonds is 10. The number of carbonyl (C=O) groups is 1. The van der Waals surface area contributed by atoms with Gasteiger partial charge in [-0.3, -0.25) is 9.36 Å². The molecule has 36 heavy (non-hydrogen) atoms. The second kappa shape index (κ2) is 11.3. The van der Waals surface area contributed by atoms with Gasteiger partial charge in [-0.25, -0.2) is 9.37 Å². The highest BCUT2D eigenvalue weighted by Crippen LogP contribution is 2.52. The maximum atomic E-state index is 13.6. The SMILES string of the molecule is CCc1ccc(C(O)(Cc2ccc(F)cc2)C(C=CC(C)C)(C(=O)O)[PH](=O)O)nc1-c1ccccc1. The van der Waals surface area contributed by atoms with Crippen LogP contribution in [0.15, 0.2) is 78.9 Å². The van der Waals surface area contributed by atoms with E-state index in [0.29, 0.717) is 17.7 Å². The van der Waals surface area contributed by atoms with Gasteiger partial charge in [-0.05, 0) is 41.7 Å². The molecule has 8 heteroatoms. The lowest BCUT2D eigenvalue weighted by Gasteiger charge is -2.41. The first-order valence-electron chi connectivity index (χ1n) is 11.7. The summed E-state index contributed by atoms with van der Waals surface area (Å²) in [4.78, 5) is 28.0. The number of aliphatic carboxylic acids is 1. The van der Waals surface area contributed by atoms with Crippen LogP contribution in [-0.4, -0.2) is 31.2 Å². The van der Waals surface area contributed by atoms with Crippen LogP contribution in [0.4, 0.5) is 4.39 Å². The molecule has 0 saturated heterocycles. The number of halogens is 1. The van der Waals surface area contributed by atoms with Crippen molar-refractivity contribution in [3.8, 4) is 11.3 Å². The first-order valence-corrected chi connectivity index (χ1v) is 13.1. The van der Waals surface area contributed by atoms with Gasteiger partial charge < -0.3 is 15.1 Å². The molecule has 6 nitrogen and oxygen atoms in total. The Morgan fingerprint density at radius 2 is 1.72 bits per heavy atom. The maximum Gasteiger partial charge on any atom is 0.326 e. The zero-order chi connectivity index (χ0) is 26.5. The van der Waals surface area contributed by atoms with E-state index in [-0.39, 0.29) is 18.0 Å². The standard InChI is InChI=1S/C28H31FNO5P/c1-4-21-12-15-24(30-25(21)22-8-6-5-7-9-22)27(33,18-20-10-13-23(29)14-11-20)28(26(31)32,36(34)35)17-16-19(2)3/h5-17,19,33,36H,4,18H2,1-3H3,(H,31,32)(H,34,35). The smallest absolute Gasteiger partial charge is 0.326 e. The lowest BCUT2D eigenvalue weighted by Crippen LogP contribution is -2.55. The predicted octanol–water partition coefficient (Wildman–Crippen LogP) is 5.38. The maximum absolute atomic E-state index is 13.6. The Morgan fingerprint density at radius 1 is 1.08 bits per heavy atom. The molecule has 0 aliphatic heterocycles. The highest BCUT2D eigenvalue weighted by Gasteiger charge is 2.60. The van der Waals surface area contributed by atoms with Crippen molar-refractivity contribution in [2.45, 2.75) is 44.4 Å². The molecule has 3 aromatic rings. The average Bonchev–Trinajstić information content (AvgIpc) is 2.85. The molecular weight excluding hydrogens is 480 g/mol. The number of aryl methyl sites for hydroxylation is 1. The lowest BCUT2D eigenvalue weighted by atomic mass is 9.77. The summed E-state index contributed by atoms with van der Waals surface area (Å²) < 4.78 is 26.5. The van der Waals surface area contributed by atoms with E-state index in [0.717, 1.165) is 17.2 Å². The molecule has 0 bridgehead atoms. The average molecular weight is 512 g/mol. The van der Waals surface area contributed by atoms with Crippen molar-refractivity contribution in [3.63, 3.8) is 0 Å². The number of carboxylic acid groups (broad SMARTS) is 1. The van der Waals surface area contributed by atoms with Crippen LogP contribution >= 0.6 is 8.03 Å². The van der Waals surface area contributed by atoms with Crippen molar-refractivity contribution in [1.82, 2.24) is 4.98 Å². The molecule has 1 aromatic heterocycles. The number of aromatic nitrogens is 1. The van der Waals surface area contributed by atoms with E-state index in [1.807, 2.05) is 37.3 Å². The van der Waals surface area contributed by atoms with Crippen molar-refractivity contribution in [2.75, 3.05) is 0 Å². The molecule has 0 fully saturated rings. The van der Waals surface area contributed by atoms with Crippen molar-refractivity contribution < 1.29 is 28.9 Å². The molecule has 190 valence electrons. The van der Waals surface area contributed by atoms with Gasteiger partial charge in [-0.15, -0.1) is 0 Å². The summed E-state index contributed by atoms with van der Waals surface area (Å²) in [5, 5.41) is 20.1. The fourth-order valence-electron chi connectivity index (χ4n) is 4.24. The van der Waals surface area contributed by atoms with Crippen molar-refractivity contribution >= 4 is 14.0 Å². The van der Waals surface area contributed by atoms with Crippen LogP contribution in [0.3, 0.4) is 0 Å². The number of carboxylic acids is 1. The Balaban J connectivity index is 2.37. The topological polar surface area (TPSA) is 108 Å². The number of pyridine rings is 1.